The highest BCUT2D eigenvalue weighted by Crippen LogP contribution is 2.31. The molecule has 0 bridgehead atoms. The number of rotatable bonds is 5. The molecule has 2 aromatic rings. The zero-order valence-corrected chi connectivity index (χ0v) is 15.3. The van der Waals surface area contributed by atoms with E-state index in [0.717, 1.165) is 10.4 Å². The topological polar surface area (TPSA) is 87.0 Å². The number of amides is 1. The van der Waals surface area contributed by atoms with Gasteiger partial charge in [0.2, 0.25) is 5.91 Å². The van der Waals surface area contributed by atoms with Crippen LogP contribution in [-0.4, -0.2) is 20.1 Å². The number of nitriles is 1. The summed E-state index contributed by atoms with van der Waals surface area (Å²) in [6.07, 6.45) is 0.118. The Bertz CT molecular complexity index is 905. The minimum Gasteiger partial charge on any atom is -0.316 e. The van der Waals surface area contributed by atoms with Crippen molar-refractivity contribution >= 4 is 32.1 Å². The van der Waals surface area contributed by atoms with Crippen LogP contribution in [-0.2, 0) is 21.1 Å². The maximum absolute atomic E-state index is 12.2. The van der Waals surface area contributed by atoms with E-state index in [1.165, 1.54) is 23.5 Å². The number of hydrogen-bond donors (Lipinski definition) is 1. The molecule has 0 spiro atoms. The third kappa shape index (κ3) is 3.83. The SMILES string of the molecule is CCS(=O)(=O)c1ccc(CC(=O)Nc2sc(C)c(C)c2C#N)cc1. The highest BCUT2D eigenvalue weighted by atomic mass is 32.2. The number of anilines is 1. The number of thiophene rings is 1. The maximum Gasteiger partial charge on any atom is 0.229 e. The van der Waals surface area contributed by atoms with E-state index in [0.29, 0.717) is 16.1 Å². The number of nitrogens with zero attached hydrogens (tertiary/aromatic N) is 1. The van der Waals surface area contributed by atoms with Crippen LogP contribution in [0.1, 0.15) is 28.5 Å². The van der Waals surface area contributed by atoms with Crippen molar-refractivity contribution in [3.63, 3.8) is 0 Å². The molecule has 5 nitrogen and oxygen atoms in total. The average molecular weight is 362 g/mol. The molecular weight excluding hydrogens is 344 g/mol. The van der Waals surface area contributed by atoms with Crippen LogP contribution in [0.25, 0.3) is 0 Å². The summed E-state index contributed by atoms with van der Waals surface area (Å²) < 4.78 is 23.5. The van der Waals surface area contributed by atoms with Gasteiger partial charge in [-0.1, -0.05) is 19.1 Å². The van der Waals surface area contributed by atoms with Crippen LogP contribution in [0, 0.1) is 25.2 Å². The van der Waals surface area contributed by atoms with Crippen molar-refractivity contribution < 1.29 is 13.2 Å². The van der Waals surface area contributed by atoms with Gasteiger partial charge in [-0.25, -0.2) is 8.42 Å². The maximum atomic E-state index is 12.2. The molecule has 0 saturated heterocycles. The van der Waals surface area contributed by atoms with Crippen molar-refractivity contribution in [3.8, 4) is 6.07 Å². The lowest BCUT2D eigenvalue weighted by atomic mass is 10.1. The first kappa shape index (κ1) is 18.2. The Hall–Kier alpha value is -2.17. The van der Waals surface area contributed by atoms with Crippen LogP contribution in [0.15, 0.2) is 29.2 Å². The Morgan fingerprint density at radius 3 is 2.42 bits per heavy atom. The molecule has 0 fully saturated rings. The molecule has 0 aliphatic heterocycles. The first-order valence-electron chi connectivity index (χ1n) is 7.40. The third-order valence-corrected chi connectivity index (χ3v) is 6.65. The Kier molecular flexibility index (Phi) is 5.42. The molecule has 1 heterocycles. The second-order valence-corrected chi connectivity index (χ2v) is 8.87. The van der Waals surface area contributed by atoms with E-state index in [4.69, 9.17) is 0 Å². The van der Waals surface area contributed by atoms with Crippen molar-refractivity contribution in [2.75, 3.05) is 11.1 Å². The number of sulfone groups is 1. The van der Waals surface area contributed by atoms with Gasteiger partial charge in [0.25, 0.3) is 0 Å². The number of carbonyl (C=O) groups excluding carboxylic acids is 1. The van der Waals surface area contributed by atoms with Gasteiger partial charge in [-0.3, -0.25) is 4.79 Å². The summed E-state index contributed by atoms with van der Waals surface area (Å²) in [6.45, 7) is 5.35. The van der Waals surface area contributed by atoms with E-state index in [9.17, 15) is 18.5 Å². The minimum absolute atomic E-state index is 0.0425. The molecule has 0 aliphatic carbocycles. The minimum atomic E-state index is -3.24. The average Bonchev–Trinajstić information content (AvgIpc) is 2.81. The van der Waals surface area contributed by atoms with Crippen LogP contribution in [0.3, 0.4) is 0 Å². The van der Waals surface area contributed by atoms with E-state index in [1.807, 2.05) is 13.8 Å². The number of aryl methyl sites for hydroxylation is 1. The predicted octanol–water partition coefficient (Wildman–Crippen LogP) is 3.21. The Balaban J connectivity index is 2.11. The highest BCUT2D eigenvalue weighted by molar-refractivity contribution is 7.91. The summed E-state index contributed by atoms with van der Waals surface area (Å²) in [6, 6.07) is 8.42. The molecule has 1 aromatic carbocycles. The number of carbonyl (C=O) groups is 1. The van der Waals surface area contributed by atoms with Crippen molar-refractivity contribution in [2.45, 2.75) is 32.1 Å². The fourth-order valence-electron chi connectivity index (χ4n) is 2.19. The number of benzene rings is 1. The lowest BCUT2D eigenvalue weighted by Crippen LogP contribution is -2.14. The van der Waals surface area contributed by atoms with Gasteiger partial charge in [0.15, 0.2) is 9.84 Å². The van der Waals surface area contributed by atoms with Gasteiger partial charge in [0, 0.05) is 4.88 Å². The molecule has 0 aliphatic rings. The van der Waals surface area contributed by atoms with Gasteiger partial charge in [-0.05, 0) is 37.1 Å². The largest absolute Gasteiger partial charge is 0.316 e. The molecule has 0 radical (unpaired) electrons. The molecule has 1 amide bonds. The molecule has 0 atom stereocenters. The summed E-state index contributed by atoms with van der Waals surface area (Å²) in [7, 11) is -3.24. The van der Waals surface area contributed by atoms with E-state index < -0.39 is 9.84 Å². The molecule has 24 heavy (non-hydrogen) atoms. The normalized spacial score (nSPS) is 11.1. The predicted molar refractivity (Wildman–Crippen MR) is 95.0 cm³/mol. The summed E-state index contributed by atoms with van der Waals surface area (Å²) in [5.41, 5.74) is 2.09. The van der Waals surface area contributed by atoms with Crippen LogP contribution in [0.4, 0.5) is 5.00 Å². The van der Waals surface area contributed by atoms with E-state index in [1.54, 1.807) is 19.1 Å². The van der Waals surface area contributed by atoms with Crippen LogP contribution in [0.2, 0.25) is 0 Å². The number of nitrogens with one attached hydrogen (secondary N) is 1. The molecule has 0 saturated carbocycles. The summed E-state index contributed by atoms with van der Waals surface area (Å²) in [5.74, 6) is -0.195. The summed E-state index contributed by atoms with van der Waals surface area (Å²) in [5, 5.41) is 12.5. The molecule has 126 valence electrons. The van der Waals surface area contributed by atoms with E-state index >= 15 is 0 Å². The first-order chi connectivity index (χ1) is 11.3. The van der Waals surface area contributed by atoms with Gasteiger partial charge in [-0.2, -0.15) is 5.26 Å². The molecule has 1 N–H and O–H groups in total. The highest BCUT2D eigenvalue weighted by Gasteiger charge is 2.15. The lowest BCUT2D eigenvalue weighted by molar-refractivity contribution is -0.115. The molecule has 2 rings (SSSR count). The van der Waals surface area contributed by atoms with Crippen molar-refractivity contribution in [1.29, 1.82) is 5.26 Å². The van der Waals surface area contributed by atoms with Crippen molar-refractivity contribution in [3.05, 3.63) is 45.8 Å². The molecule has 1 aromatic heterocycles. The lowest BCUT2D eigenvalue weighted by Gasteiger charge is -2.05. The van der Waals surface area contributed by atoms with Crippen LogP contribution < -0.4 is 5.32 Å². The van der Waals surface area contributed by atoms with E-state index in [-0.39, 0.29) is 23.0 Å². The second-order valence-electron chi connectivity index (χ2n) is 5.37. The fraction of sp³-hybridized carbons (Fsp3) is 0.294. The monoisotopic (exact) mass is 362 g/mol. The zero-order chi connectivity index (χ0) is 17.9. The van der Waals surface area contributed by atoms with Crippen molar-refractivity contribution in [1.82, 2.24) is 0 Å². The van der Waals surface area contributed by atoms with Crippen molar-refractivity contribution in [2.24, 2.45) is 0 Å². The molecule has 7 heteroatoms. The van der Waals surface area contributed by atoms with Crippen LogP contribution in [0.5, 0.6) is 0 Å². The van der Waals surface area contributed by atoms with Gasteiger partial charge < -0.3 is 5.32 Å². The van der Waals surface area contributed by atoms with Gasteiger partial charge >= 0.3 is 0 Å². The van der Waals surface area contributed by atoms with E-state index in [2.05, 4.69) is 11.4 Å². The Labute approximate surface area is 145 Å². The first-order valence-corrected chi connectivity index (χ1v) is 9.87. The van der Waals surface area contributed by atoms with Crippen LogP contribution >= 0.6 is 11.3 Å². The quantitative estimate of drug-likeness (QED) is 0.885. The van der Waals surface area contributed by atoms with Gasteiger partial charge in [-0.15, -0.1) is 11.3 Å². The third-order valence-electron chi connectivity index (χ3n) is 3.78. The summed E-state index contributed by atoms with van der Waals surface area (Å²) in [4.78, 5) is 13.4. The fourth-order valence-corrected chi connectivity index (χ4v) is 4.10. The molecular formula is C17H18N2O3S2. The number of hydrogen-bond acceptors (Lipinski definition) is 5. The van der Waals surface area contributed by atoms with Gasteiger partial charge in [0.1, 0.15) is 11.1 Å². The standard InChI is InChI=1S/C17H18N2O3S2/c1-4-24(21,22)14-7-5-13(6-8-14)9-16(20)19-17-15(10-18)11(2)12(3)23-17/h5-8H,4,9H2,1-3H3,(H,19,20). The van der Waals surface area contributed by atoms with Gasteiger partial charge in [0.05, 0.1) is 22.6 Å². The molecule has 0 unspecified atom stereocenters. The Morgan fingerprint density at radius 2 is 1.88 bits per heavy atom. The second kappa shape index (κ2) is 7.16. The zero-order valence-electron chi connectivity index (χ0n) is 13.7. The Morgan fingerprint density at radius 1 is 1.25 bits per heavy atom. The smallest absolute Gasteiger partial charge is 0.229 e. The summed E-state index contributed by atoms with van der Waals surface area (Å²) >= 11 is 1.38.